The SMILES string of the molecule is NC(N)=NCCC[C@H](N)C(=O)O.O=C(O)CCCCCCCC(=O)O.O=C(O)c1ccccc1O. The summed E-state index contributed by atoms with van der Waals surface area (Å²) in [7, 11) is 0. The number of benzene rings is 1. The Morgan fingerprint density at radius 2 is 1.29 bits per heavy atom. The number of hydrogen-bond donors (Lipinski definition) is 8. The zero-order valence-corrected chi connectivity index (χ0v) is 19.5. The minimum absolute atomic E-state index is 0.0129. The summed E-state index contributed by atoms with van der Waals surface area (Å²) in [4.78, 5) is 44.4. The van der Waals surface area contributed by atoms with Crippen LogP contribution in [0.5, 0.6) is 5.75 Å². The van der Waals surface area contributed by atoms with Gasteiger partial charge < -0.3 is 42.7 Å². The molecule has 11 N–H and O–H groups in total. The van der Waals surface area contributed by atoms with Crippen molar-refractivity contribution in [3.63, 3.8) is 0 Å². The summed E-state index contributed by atoms with van der Waals surface area (Å²) in [5, 5.41) is 42.3. The van der Waals surface area contributed by atoms with E-state index in [4.69, 9.17) is 42.7 Å². The number of hydrogen-bond acceptors (Lipinski definition) is 7. The van der Waals surface area contributed by atoms with E-state index in [0.29, 0.717) is 32.2 Å². The van der Waals surface area contributed by atoms with Gasteiger partial charge in [-0.2, -0.15) is 0 Å². The highest BCUT2D eigenvalue weighted by molar-refractivity contribution is 5.90. The van der Waals surface area contributed by atoms with Gasteiger partial charge in [0, 0.05) is 19.4 Å². The maximum absolute atomic E-state index is 10.3. The molecule has 1 aromatic carbocycles. The highest BCUT2D eigenvalue weighted by Crippen LogP contribution is 2.14. The number of rotatable bonds is 14. The van der Waals surface area contributed by atoms with E-state index in [0.717, 1.165) is 19.3 Å². The Hall–Kier alpha value is -3.87. The highest BCUT2D eigenvalue weighted by Gasteiger charge is 2.09. The fourth-order valence-corrected chi connectivity index (χ4v) is 2.38. The molecule has 0 saturated heterocycles. The van der Waals surface area contributed by atoms with E-state index in [1.807, 2.05) is 0 Å². The summed E-state index contributed by atoms with van der Waals surface area (Å²) in [6, 6.07) is 4.99. The molecule has 0 radical (unpaired) electrons. The molecule has 35 heavy (non-hydrogen) atoms. The van der Waals surface area contributed by atoms with Gasteiger partial charge in [-0.1, -0.05) is 31.4 Å². The molecule has 0 heterocycles. The number of aliphatic imine (C=N–C) groups is 1. The normalized spacial score (nSPS) is 10.4. The van der Waals surface area contributed by atoms with Crippen molar-refractivity contribution in [1.29, 1.82) is 0 Å². The van der Waals surface area contributed by atoms with Gasteiger partial charge in [0.05, 0.1) is 0 Å². The molecule has 1 rings (SSSR count). The van der Waals surface area contributed by atoms with Gasteiger partial charge in [-0.25, -0.2) is 4.79 Å². The number of aliphatic carboxylic acids is 3. The zero-order chi connectivity index (χ0) is 27.2. The van der Waals surface area contributed by atoms with E-state index in [1.165, 1.54) is 12.1 Å². The Labute approximate surface area is 203 Å². The summed E-state index contributed by atoms with van der Waals surface area (Å²) in [5.74, 6) is -3.82. The first-order valence-electron chi connectivity index (χ1n) is 10.9. The number of carboxylic acid groups (broad SMARTS) is 4. The molecule has 0 aliphatic rings. The topological polar surface area (TPSA) is 260 Å². The summed E-state index contributed by atoms with van der Waals surface area (Å²) in [6.45, 7) is 0.420. The molecule has 0 saturated carbocycles. The molecule has 0 aliphatic heterocycles. The van der Waals surface area contributed by atoms with E-state index < -0.39 is 29.9 Å². The zero-order valence-electron chi connectivity index (χ0n) is 19.5. The number of nitrogens with zero attached hydrogens (tertiary/aromatic N) is 1. The summed E-state index contributed by atoms with van der Waals surface area (Å²) >= 11 is 0. The van der Waals surface area contributed by atoms with Crippen LogP contribution in [0.1, 0.15) is 68.1 Å². The van der Waals surface area contributed by atoms with E-state index in [1.54, 1.807) is 12.1 Å². The van der Waals surface area contributed by atoms with E-state index >= 15 is 0 Å². The Morgan fingerprint density at radius 1 is 0.800 bits per heavy atom. The van der Waals surface area contributed by atoms with Crippen LogP contribution in [-0.4, -0.2) is 68.0 Å². The molecule has 0 fully saturated rings. The maximum atomic E-state index is 10.3. The van der Waals surface area contributed by atoms with E-state index in [-0.39, 0.29) is 30.1 Å². The number of guanidine groups is 1. The van der Waals surface area contributed by atoms with Crippen LogP contribution < -0.4 is 17.2 Å². The monoisotopic (exact) mass is 500 g/mol. The molecule has 0 aromatic heterocycles. The van der Waals surface area contributed by atoms with Gasteiger partial charge in [0.25, 0.3) is 0 Å². The molecule has 0 aliphatic carbocycles. The number of nitrogens with two attached hydrogens (primary N) is 3. The van der Waals surface area contributed by atoms with E-state index in [2.05, 4.69) is 4.99 Å². The summed E-state index contributed by atoms with van der Waals surface area (Å²) < 4.78 is 0. The van der Waals surface area contributed by atoms with Gasteiger partial charge in [0.15, 0.2) is 5.96 Å². The lowest BCUT2D eigenvalue weighted by Crippen LogP contribution is -2.30. The molecule has 0 unspecified atom stereocenters. The third-order valence-electron chi connectivity index (χ3n) is 4.20. The Balaban J connectivity index is 0. The van der Waals surface area contributed by atoms with Crippen molar-refractivity contribution < 1.29 is 44.7 Å². The third-order valence-corrected chi connectivity index (χ3v) is 4.20. The Morgan fingerprint density at radius 3 is 1.66 bits per heavy atom. The Bertz CT molecular complexity index is 794. The van der Waals surface area contributed by atoms with Crippen LogP contribution in [0.3, 0.4) is 0 Å². The average Bonchev–Trinajstić information content (AvgIpc) is 2.76. The minimum atomic E-state index is -1.11. The van der Waals surface area contributed by atoms with Gasteiger partial charge in [0.2, 0.25) is 0 Å². The highest BCUT2D eigenvalue weighted by atomic mass is 16.4. The van der Waals surface area contributed by atoms with Crippen LogP contribution in [0.2, 0.25) is 0 Å². The van der Waals surface area contributed by atoms with Gasteiger partial charge in [0.1, 0.15) is 17.4 Å². The van der Waals surface area contributed by atoms with E-state index in [9.17, 15) is 19.2 Å². The number of para-hydroxylation sites is 1. The van der Waals surface area contributed by atoms with Crippen molar-refractivity contribution in [2.75, 3.05) is 6.54 Å². The lowest BCUT2D eigenvalue weighted by Gasteiger charge is -2.03. The molecule has 1 atom stereocenters. The van der Waals surface area contributed by atoms with Crippen LogP contribution in [0.25, 0.3) is 0 Å². The van der Waals surface area contributed by atoms with Crippen molar-refractivity contribution in [3.05, 3.63) is 29.8 Å². The smallest absolute Gasteiger partial charge is 0.339 e. The number of carboxylic acids is 4. The first-order chi connectivity index (χ1) is 16.4. The van der Waals surface area contributed by atoms with Gasteiger partial charge in [-0.3, -0.25) is 19.4 Å². The average molecular weight is 501 g/mol. The predicted molar refractivity (Wildman–Crippen MR) is 128 cm³/mol. The number of aromatic hydroxyl groups is 1. The number of carbonyl (C=O) groups is 4. The minimum Gasteiger partial charge on any atom is -0.507 e. The molecule has 0 bridgehead atoms. The molecule has 0 amide bonds. The van der Waals surface area contributed by atoms with Gasteiger partial charge in [-0.15, -0.1) is 0 Å². The quantitative estimate of drug-likeness (QED) is 0.102. The standard InChI is InChI=1S/C9H16O4.C7H6O3.C6H14N4O2/c10-8(11)6-4-2-1-3-5-7-9(12)13;8-6-4-2-1-3-5(6)7(9)10;7-4(5(11)12)2-1-3-10-6(8)9/h1-7H2,(H,10,11)(H,12,13);1-4,8H,(H,9,10);4H,1-3,7H2,(H,11,12)(H4,8,9,10)/t;;4-/m..0/s1. The maximum Gasteiger partial charge on any atom is 0.339 e. The number of unbranched alkanes of at least 4 members (excludes halogenated alkanes) is 4. The predicted octanol–water partition coefficient (Wildman–Crippen LogP) is 1.43. The van der Waals surface area contributed by atoms with Crippen molar-refractivity contribution >= 4 is 29.8 Å². The molecule has 1 aromatic rings. The first kappa shape index (κ1) is 33.3. The van der Waals surface area contributed by atoms with Crippen molar-refractivity contribution in [1.82, 2.24) is 0 Å². The second-order valence-electron chi connectivity index (χ2n) is 7.27. The Kier molecular flexibility index (Phi) is 19.7. The lowest BCUT2D eigenvalue weighted by molar-refractivity contribution is -0.139. The fourth-order valence-electron chi connectivity index (χ4n) is 2.38. The third kappa shape index (κ3) is 23.1. The van der Waals surface area contributed by atoms with Crippen molar-refractivity contribution in [2.45, 2.75) is 63.8 Å². The van der Waals surface area contributed by atoms with Crippen LogP contribution in [-0.2, 0) is 14.4 Å². The second-order valence-corrected chi connectivity index (χ2v) is 7.27. The molecule has 13 heteroatoms. The van der Waals surface area contributed by atoms with Crippen LogP contribution >= 0.6 is 0 Å². The van der Waals surface area contributed by atoms with Crippen molar-refractivity contribution in [3.8, 4) is 5.75 Å². The second kappa shape index (κ2) is 20.7. The van der Waals surface area contributed by atoms with Crippen molar-refractivity contribution in [2.24, 2.45) is 22.2 Å². The number of phenols is 1. The van der Waals surface area contributed by atoms with Gasteiger partial charge >= 0.3 is 23.9 Å². The fraction of sp³-hybridized carbons (Fsp3) is 0.500. The lowest BCUT2D eigenvalue weighted by atomic mass is 10.1. The molecular weight excluding hydrogens is 464 g/mol. The van der Waals surface area contributed by atoms with Crippen LogP contribution in [0, 0.1) is 0 Å². The number of aromatic carboxylic acids is 1. The van der Waals surface area contributed by atoms with Crippen LogP contribution in [0.4, 0.5) is 0 Å². The van der Waals surface area contributed by atoms with Gasteiger partial charge in [-0.05, 0) is 37.8 Å². The molecule has 0 spiro atoms. The molecule has 198 valence electrons. The largest absolute Gasteiger partial charge is 0.507 e. The first-order valence-corrected chi connectivity index (χ1v) is 10.9. The van der Waals surface area contributed by atoms with Crippen LogP contribution in [0.15, 0.2) is 29.3 Å². The molecule has 13 nitrogen and oxygen atoms in total. The summed E-state index contributed by atoms with van der Waals surface area (Å²) in [6.07, 6.45) is 5.48. The molecular formula is C22H36N4O9. The summed E-state index contributed by atoms with van der Waals surface area (Å²) in [5.41, 5.74) is 15.3.